The van der Waals surface area contributed by atoms with Gasteiger partial charge >= 0.3 is 0 Å². The van der Waals surface area contributed by atoms with Crippen LogP contribution in [0.5, 0.6) is 0 Å². The van der Waals surface area contributed by atoms with Crippen LogP contribution in [0.2, 0.25) is 5.02 Å². The molecule has 0 radical (unpaired) electrons. The van der Waals surface area contributed by atoms with E-state index in [4.69, 9.17) is 16.3 Å². The third kappa shape index (κ3) is 3.99. The average Bonchev–Trinajstić information content (AvgIpc) is 2.47. The Morgan fingerprint density at radius 2 is 1.85 bits per heavy atom. The van der Waals surface area contributed by atoms with Crippen molar-refractivity contribution in [2.75, 3.05) is 11.4 Å². The van der Waals surface area contributed by atoms with Crippen molar-refractivity contribution in [2.24, 2.45) is 0 Å². The lowest BCUT2D eigenvalue weighted by molar-refractivity contribution is 0.0513. The summed E-state index contributed by atoms with van der Waals surface area (Å²) in [4.78, 5) is 2.23. The third-order valence-electron chi connectivity index (χ3n) is 3.25. The minimum atomic E-state index is 0.0152. The van der Waals surface area contributed by atoms with E-state index in [1.807, 2.05) is 42.5 Å². The van der Waals surface area contributed by atoms with E-state index < -0.39 is 0 Å². The number of hydrogen-bond acceptors (Lipinski definition) is 2. The van der Waals surface area contributed by atoms with Gasteiger partial charge in [0.1, 0.15) is 6.23 Å². The molecule has 1 atom stereocenters. The molecule has 2 aromatic carbocycles. The zero-order valence-electron chi connectivity index (χ0n) is 11.9. The number of para-hydroxylation sites is 1. The van der Waals surface area contributed by atoms with Gasteiger partial charge in [-0.05, 0) is 43.7 Å². The summed E-state index contributed by atoms with van der Waals surface area (Å²) < 4.78 is 5.96. The first-order valence-electron chi connectivity index (χ1n) is 6.88. The fraction of sp³-hybridized carbons (Fsp3) is 0.294. The molecule has 0 aromatic heterocycles. The van der Waals surface area contributed by atoms with E-state index in [2.05, 4.69) is 30.9 Å². The van der Waals surface area contributed by atoms with Crippen molar-refractivity contribution in [2.45, 2.75) is 26.7 Å². The van der Waals surface area contributed by atoms with E-state index in [9.17, 15) is 0 Å². The molecule has 0 saturated heterocycles. The summed E-state index contributed by atoms with van der Waals surface area (Å²) >= 11 is 5.98. The summed E-state index contributed by atoms with van der Waals surface area (Å²) in [5, 5.41) is 0.745. The third-order valence-corrected chi connectivity index (χ3v) is 3.48. The first kappa shape index (κ1) is 14.9. The van der Waals surface area contributed by atoms with Crippen LogP contribution < -0.4 is 4.90 Å². The highest BCUT2D eigenvalue weighted by molar-refractivity contribution is 6.30. The monoisotopic (exact) mass is 289 g/mol. The van der Waals surface area contributed by atoms with Crippen LogP contribution in [0.15, 0.2) is 54.6 Å². The molecule has 0 bridgehead atoms. The zero-order chi connectivity index (χ0) is 14.4. The molecular formula is C17H20ClNO. The van der Waals surface area contributed by atoms with Crippen LogP contribution in [-0.4, -0.2) is 12.8 Å². The van der Waals surface area contributed by atoms with E-state index in [0.29, 0.717) is 6.61 Å². The standard InChI is InChI=1S/C17H20ClNO/c1-3-19(17-10-5-4-6-11-17)14(2)20-13-15-8-7-9-16(18)12-15/h4-12,14H,3,13H2,1-2H3. The van der Waals surface area contributed by atoms with Gasteiger partial charge in [0.2, 0.25) is 0 Å². The molecule has 106 valence electrons. The fourth-order valence-corrected chi connectivity index (χ4v) is 2.42. The van der Waals surface area contributed by atoms with Crippen molar-refractivity contribution in [3.05, 3.63) is 65.2 Å². The summed E-state index contributed by atoms with van der Waals surface area (Å²) in [6.07, 6.45) is 0.0152. The number of halogens is 1. The van der Waals surface area contributed by atoms with Crippen molar-refractivity contribution >= 4 is 17.3 Å². The van der Waals surface area contributed by atoms with Gasteiger partial charge < -0.3 is 9.64 Å². The van der Waals surface area contributed by atoms with E-state index in [-0.39, 0.29) is 6.23 Å². The van der Waals surface area contributed by atoms with Crippen molar-refractivity contribution in [3.63, 3.8) is 0 Å². The summed E-state index contributed by atoms with van der Waals surface area (Å²) in [5.74, 6) is 0. The fourth-order valence-electron chi connectivity index (χ4n) is 2.20. The van der Waals surface area contributed by atoms with Crippen LogP contribution in [0, 0.1) is 0 Å². The first-order chi connectivity index (χ1) is 9.70. The molecule has 0 amide bonds. The molecule has 0 heterocycles. The topological polar surface area (TPSA) is 12.5 Å². The van der Waals surface area contributed by atoms with E-state index in [1.54, 1.807) is 0 Å². The number of rotatable bonds is 6. The SMILES string of the molecule is CCN(c1ccccc1)C(C)OCc1cccc(Cl)c1. The molecule has 0 aliphatic rings. The van der Waals surface area contributed by atoms with Gasteiger partial charge in [-0.3, -0.25) is 0 Å². The number of anilines is 1. The summed E-state index contributed by atoms with van der Waals surface area (Å²) in [6.45, 7) is 5.67. The van der Waals surface area contributed by atoms with Crippen LogP contribution in [0.4, 0.5) is 5.69 Å². The van der Waals surface area contributed by atoms with Crippen LogP contribution in [0.1, 0.15) is 19.4 Å². The van der Waals surface area contributed by atoms with Gasteiger partial charge in [-0.25, -0.2) is 0 Å². The molecule has 0 N–H and O–H groups in total. The Balaban J connectivity index is 1.98. The predicted molar refractivity (Wildman–Crippen MR) is 85.2 cm³/mol. The Hall–Kier alpha value is -1.51. The maximum Gasteiger partial charge on any atom is 0.127 e. The van der Waals surface area contributed by atoms with Crippen molar-refractivity contribution < 1.29 is 4.74 Å². The molecule has 3 heteroatoms. The van der Waals surface area contributed by atoms with Gasteiger partial charge in [0.25, 0.3) is 0 Å². The molecule has 0 aliphatic heterocycles. The van der Waals surface area contributed by atoms with E-state index >= 15 is 0 Å². The Kier molecular flexibility index (Phi) is 5.45. The Bertz CT molecular complexity index is 530. The molecule has 0 saturated carbocycles. The molecule has 0 fully saturated rings. The largest absolute Gasteiger partial charge is 0.354 e. The summed E-state index contributed by atoms with van der Waals surface area (Å²) in [7, 11) is 0. The van der Waals surface area contributed by atoms with Gasteiger partial charge in [0.15, 0.2) is 0 Å². The van der Waals surface area contributed by atoms with Gasteiger partial charge in [-0.2, -0.15) is 0 Å². The second kappa shape index (κ2) is 7.32. The molecular weight excluding hydrogens is 270 g/mol. The van der Waals surface area contributed by atoms with E-state index in [1.165, 1.54) is 5.69 Å². The smallest absolute Gasteiger partial charge is 0.127 e. The number of hydrogen-bond donors (Lipinski definition) is 0. The molecule has 2 nitrogen and oxygen atoms in total. The summed E-state index contributed by atoms with van der Waals surface area (Å²) in [6, 6.07) is 18.1. The normalized spacial score (nSPS) is 12.2. The molecule has 20 heavy (non-hydrogen) atoms. The molecule has 2 aromatic rings. The minimum Gasteiger partial charge on any atom is -0.354 e. The zero-order valence-corrected chi connectivity index (χ0v) is 12.7. The lowest BCUT2D eigenvalue weighted by atomic mass is 10.2. The molecule has 0 spiro atoms. The average molecular weight is 290 g/mol. The maximum absolute atomic E-state index is 5.98. The Morgan fingerprint density at radius 3 is 2.50 bits per heavy atom. The minimum absolute atomic E-state index is 0.0152. The molecule has 0 aliphatic carbocycles. The Morgan fingerprint density at radius 1 is 1.10 bits per heavy atom. The first-order valence-corrected chi connectivity index (χ1v) is 7.26. The number of benzene rings is 2. The van der Waals surface area contributed by atoms with Crippen LogP contribution >= 0.6 is 11.6 Å². The maximum atomic E-state index is 5.98. The van der Waals surface area contributed by atoms with Crippen molar-refractivity contribution in [1.29, 1.82) is 0 Å². The number of nitrogens with zero attached hydrogens (tertiary/aromatic N) is 1. The summed E-state index contributed by atoms with van der Waals surface area (Å²) in [5.41, 5.74) is 2.27. The van der Waals surface area contributed by atoms with Crippen molar-refractivity contribution in [1.82, 2.24) is 0 Å². The van der Waals surface area contributed by atoms with Crippen LogP contribution in [-0.2, 0) is 11.3 Å². The van der Waals surface area contributed by atoms with Gasteiger partial charge in [-0.15, -0.1) is 0 Å². The quantitative estimate of drug-likeness (QED) is 0.713. The van der Waals surface area contributed by atoms with Gasteiger partial charge in [0, 0.05) is 17.3 Å². The molecule has 2 rings (SSSR count). The highest BCUT2D eigenvalue weighted by Crippen LogP contribution is 2.18. The second-order valence-electron chi connectivity index (χ2n) is 4.66. The second-order valence-corrected chi connectivity index (χ2v) is 5.10. The lowest BCUT2D eigenvalue weighted by Crippen LogP contribution is -2.34. The van der Waals surface area contributed by atoms with Crippen LogP contribution in [0.25, 0.3) is 0 Å². The highest BCUT2D eigenvalue weighted by Gasteiger charge is 2.12. The highest BCUT2D eigenvalue weighted by atomic mass is 35.5. The molecule has 1 unspecified atom stereocenters. The van der Waals surface area contributed by atoms with Crippen molar-refractivity contribution in [3.8, 4) is 0 Å². The van der Waals surface area contributed by atoms with Crippen LogP contribution in [0.3, 0.4) is 0 Å². The number of ether oxygens (including phenoxy) is 1. The predicted octanol–water partition coefficient (Wildman–Crippen LogP) is 4.73. The van der Waals surface area contributed by atoms with Gasteiger partial charge in [0.05, 0.1) is 6.61 Å². The van der Waals surface area contributed by atoms with Gasteiger partial charge in [-0.1, -0.05) is 41.9 Å². The lowest BCUT2D eigenvalue weighted by Gasteiger charge is -2.30. The van der Waals surface area contributed by atoms with E-state index in [0.717, 1.165) is 17.1 Å². The Labute approximate surface area is 125 Å².